The van der Waals surface area contributed by atoms with Gasteiger partial charge in [0.05, 0.1) is 12.1 Å². The largest absolute Gasteiger partial charge is 0.492 e. The zero-order valence-corrected chi connectivity index (χ0v) is 18.4. The average Bonchev–Trinajstić information content (AvgIpc) is 2.85. The maximum absolute atomic E-state index is 13.6. The lowest BCUT2D eigenvalue weighted by molar-refractivity contribution is 0.271. The highest BCUT2D eigenvalue weighted by Gasteiger charge is 2.16. The summed E-state index contributed by atoms with van der Waals surface area (Å²) in [6.45, 7) is 1.64. The maximum Gasteiger partial charge on any atom is 0.138 e. The van der Waals surface area contributed by atoms with E-state index in [0.717, 1.165) is 51.9 Å². The van der Waals surface area contributed by atoms with Gasteiger partial charge in [-0.15, -0.1) is 0 Å². The number of benzene rings is 3. The van der Waals surface area contributed by atoms with Gasteiger partial charge in [0.15, 0.2) is 0 Å². The van der Waals surface area contributed by atoms with Crippen LogP contribution in [0, 0.1) is 11.6 Å². The molecule has 1 fully saturated rings. The van der Waals surface area contributed by atoms with Crippen LogP contribution in [0.15, 0.2) is 72.9 Å². The van der Waals surface area contributed by atoms with Crippen molar-refractivity contribution in [2.75, 3.05) is 13.2 Å². The second kappa shape index (κ2) is 9.67. The molecular weight excluding hydrogens is 418 g/mol. The van der Waals surface area contributed by atoms with E-state index < -0.39 is 0 Å². The predicted octanol–water partition coefficient (Wildman–Crippen LogP) is 6.76. The number of rotatable bonds is 6. The molecule has 5 heteroatoms. The van der Waals surface area contributed by atoms with Crippen LogP contribution in [0.3, 0.4) is 0 Å². The SMILES string of the molecule is Fc1ccc(-c2ccc3ncc(-c4ccc(F)cc4)c(OCCC4CCCCN4)c3c2)cc1. The molecule has 1 aromatic heterocycles. The summed E-state index contributed by atoms with van der Waals surface area (Å²) in [5.41, 5.74) is 4.37. The predicted molar refractivity (Wildman–Crippen MR) is 128 cm³/mol. The first kappa shape index (κ1) is 21.5. The van der Waals surface area contributed by atoms with Crippen molar-refractivity contribution < 1.29 is 13.5 Å². The maximum atomic E-state index is 13.6. The van der Waals surface area contributed by atoms with Gasteiger partial charge in [0.2, 0.25) is 0 Å². The summed E-state index contributed by atoms with van der Waals surface area (Å²) in [7, 11) is 0. The minimum atomic E-state index is -0.281. The van der Waals surface area contributed by atoms with Crippen LogP contribution in [-0.4, -0.2) is 24.2 Å². The molecule has 5 rings (SSSR count). The molecule has 1 aliphatic rings. The normalized spacial score (nSPS) is 16.1. The van der Waals surface area contributed by atoms with E-state index in [2.05, 4.69) is 10.3 Å². The molecule has 0 bridgehead atoms. The van der Waals surface area contributed by atoms with Crippen LogP contribution in [0.25, 0.3) is 33.2 Å². The van der Waals surface area contributed by atoms with E-state index in [1.54, 1.807) is 30.5 Å². The minimum absolute atomic E-state index is 0.264. The van der Waals surface area contributed by atoms with E-state index in [1.807, 2.05) is 18.2 Å². The lowest BCUT2D eigenvalue weighted by Crippen LogP contribution is -2.35. The van der Waals surface area contributed by atoms with Gasteiger partial charge in [-0.2, -0.15) is 0 Å². The fourth-order valence-electron chi connectivity index (χ4n) is 4.45. The Hall–Kier alpha value is -3.31. The highest BCUT2D eigenvalue weighted by Crippen LogP contribution is 2.38. The number of aromatic nitrogens is 1. The topological polar surface area (TPSA) is 34.1 Å². The van der Waals surface area contributed by atoms with E-state index in [-0.39, 0.29) is 11.6 Å². The molecular formula is C28H26F2N2O. The molecule has 0 saturated carbocycles. The van der Waals surface area contributed by atoms with Crippen molar-refractivity contribution in [1.29, 1.82) is 0 Å². The Morgan fingerprint density at radius 3 is 2.24 bits per heavy atom. The van der Waals surface area contributed by atoms with Crippen molar-refractivity contribution in [3.05, 3.63) is 84.6 Å². The van der Waals surface area contributed by atoms with Crippen molar-refractivity contribution in [3.63, 3.8) is 0 Å². The second-order valence-electron chi connectivity index (χ2n) is 8.53. The van der Waals surface area contributed by atoms with Crippen LogP contribution in [0.5, 0.6) is 5.75 Å². The molecule has 1 atom stereocenters. The Labute approximate surface area is 192 Å². The first-order chi connectivity index (χ1) is 16.2. The Bertz CT molecular complexity index is 1230. The summed E-state index contributed by atoms with van der Waals surface area (Å²) in [5, 5.41) is 4.45. The Kier molecular flexibility index (Phi) is 6.31. The molecule has 1 N–H and O–H groups in total. The lowest BCUT2D eigenvalue weighted by atomic mass is 9.99. The fraction of sp³-hybridized carbons (Fsp3) is 0.250. The van der Waals surface area contributed by atoms with Gasteiger partial charge >= 0.3 is 0 Å². The number of fused-ring (bicyclic) bond motifs is 1. The quantitative estimate of drug-likeness (QED) is 0.357. The number of nitrogens with one attached hydrogen (secondary N) is 1. The number of hydrogen-bond donors (Lipinski definition) is 1. The van der Waals surface area contributed by atoms with E-state index in [9.17, 15) is 8.78 Å². The van der Waals surface area contributed by atoms with Gasteiger partial charge < -0.3 is 10.1 Å². The van der Waals surface area contributed by atoms with Gasteiger partial charge in [0, 0.05) is 23.2 Å². The third-order valence-electron chi connectivity index (χ3n) is 6.28. The van der Waals surface area contributed by atoms with Crippen molar-refractivity contribution in [3.8, 4) is 28.0 Å². The molecule has 0 amide bonds. The zero-order valence-electron chi connectivity index (χ0n) is 18.4. The number of halogens is 2. The molecule has 168 valence electrons. The molecule has 4 aromatic rings. The summed E-state index contributed by atoms with van der Waals surface area (Å²) in [5.74, 6) is 0.198. The lowest BCUT2D eigenvalue weighted by Gasteiger charge is -2.24. The monoisotopic (exact) mass is 444 g/mol. The summed E-state index contributed by atoms with van der Waals surface area (Å²) in [6.07, 6.45) is 6.36. The van der Waals surface area contributed by atoms with Crippen LogP contribution in [0.2, 0.25) is 0 Å². The van der Waals surface area contributed by atoms with Crippen molar-refractivity contribution in [2.24, 2.45) is 0 Å². The van der Waals surface area contributed by atoms with Crippen molar-refractivity contribution in [1.82, 2.24) is 10.3 Å². The molecule has 1 saturated heterocycles. The number of piperidine rings is 1. The summed E-state index contributed by atoms with van der Waals surface area (Å²) >= 11 is 0. The molecule has 0 aliphatic carbocycles. The standard InChI is InChI=1S/C28H26F2N2O/c29-22-9-4-19(5-10-22)21-8-13-27-25(17-21)28(33-16-14-24-3-1-2-15-31-24)26(18-32-27)20-6-11-23(30)12-7-20/h4-13,17-18,24,31H,1-3,14-16H2. The number of nitrogens with zero attached hydrogens (tertiary/aromatic N) is 1. The van der Waals surface area contributed by atoms with Crippen LogP contribution in [-0.2, 0) is 0 Å². The Morgan fingerprint density at radius 2 is 1.55 bits per heavy atom. The van der Waals surface area contributed by atoms with Crippen molar-refractivity contribution >= 4 is 10.9 Å². The van der Waals surface area contributed by atoms with Gasteiger partial charge in [0.25, 0.3) is 0 Å². The van der Waals surface area contributed by atoms with Gasteiger partial charge in [-0.25, -0.2) is 8.78 Å². The molecule has 1 aliphatic heterocycles. The van der Waals surface area contributed by atoms with Crippen LogP contribution in [0.4, 0.5) is 8.78 Å². The molecule has 0 spiro atoms. The molecule has 3 aromatic carbocycles. The number of ether oxygens (including phenoxy) is 1. The first-order valence-electron chi connectivity index (χ1n) is 11.5. The second-order valence-corrected chi connectivity index (χ2v) is 8.53. The molecule has 2 heterocycles. The highest BCUT2D eigenvalue weighted by molar-refractivity contribution is 5.94. The van der Waals surface area contributed by atoms with E-state index in [4.69, 9.17) is 4.74 Å². The van der Waals surface area contributed by atoms with E-state index >= 15 is 0 Å². The first-order valence-corrected chi connectivity index (χ1v) is 11.5. The van der Waals surface area contributed by atoms with Gasteiger partial charge in [0.1, 0.15) is 17.4 Å². The third-order valence-corrected chi connectivity index (χ3v) is 6.28. The van der Waals surface area contributed by atoms with Crippen LogP contribution < -0.4 is 10.1 Å². The minimum Gasteiger partial charge on any atom is -0.492 e. The Morgan fingerprint density at radius 1 is 0.848 bits per heavy atom. The van der Waals surface area contributed by atoms with Gasteiger partial charge in [-0.3, -0.25) is 4.98 Å². The number of pyridine rings is 1. The molecule has 3 nitrogen and oxygen atoms in total. The van der Waals surface area contributed by atoms with Gasteiger partial charge in [-0.05, 0) is 78.9 Å². The zero-order chi connectivity index (χ0) is 22.6. The van der Waals surface area contributed by atoms with E-state index in [0.29, 0.717) is 12.6 Å². The van der Waals surface area contributed by atoms with Crippen LogP contribution >= 0.6 is 0 Å². The smallest absolute Gasteiger partial charge is 0.138 e. The Balaban J connectivity index is 1.54. The number of hydrogen-bond acceptors (Lipinski definition) is 3. The highest BCUT2D eigenvalue weighted by atomic mass is 19.1. The molecule has 1 unspecified atom stereocenters. The molecule has 33 heavy (non-hydrogen) atoms. The van der Waals surface area contributed by atoms with Gasteiger partial charge in [-0.1, -0.05) is 36.8 Å². The van der Waals surface area contributed by atoms with Crippen LogP contribution in [0.1, 0.15) is 25.7 Å². The third kappa shape index (κ3) is 4.88. The average molecular weight is 445 g/mol. The summed E-state index contributed by atoms with van der Waals surface area (Å²) in [4.78, 5) is 4.64. The summed E-state index contributed by atoms with van der Waals surface area (Å²) < 4.78 is 33.4. The van der Waals surface area contributed by atoms with Crippen molar-refractivity contribution in [2.45, 2.75) is 31.7 Å². The fourth-order valence-corrected chi connectivity index (χ4v) is 4.45. The molecule has 0 radical (unpaired) electrons. The van der Waals surface area contributed by atoms with E-state index in [1.165, 1.54) is 43.5 Å². The summed E-state index contributed by atoms with van der Waals surface area (Å²) in [6, 6.07) is 19.3.